The summed E-state index contributed by atoms with van der Waals surface area (Å²) in [6.07, 6.45) is 1.19. The zero-order chi connectivity index (χ0) is 15.1. The predicted octanol–water partition coefficient (Wildman–Crippen LogP) is 2.59. The van der Waals surface area contributed by atoms with Crippen LogP contribution in [0.3, 0.4) is 0 Å². The van der Waals surface area contributed by atoms with Gasteiger partial charge in [0, 0.05) is 26.4 Å². The molecule has 110 valence electrons. The molecule has 0 fully saturated rings. The van der Waals surface area contributed by atoms with Crippen LogP contribution < -0.4 is 9.08 Å². The molecular weight excluding hydrogens is 317 g/mol. The number of halogens is 3. The van der Waals surface area contributed by atoms with Gasteiger partial charge in [0.25, 0.3) is 0 Å². The Labute approximate surface area is 116 Å². The molecule has 0 bridgehead atoms. The molecule has 0 unspecified atom stereocenters. The average molecular weight is 326 g/mol. The van der Waals surface area contributed by atoms with Gasteiger partial charge in [0.05, 0.1) is 15.2 Å². The number of anilines is 1. The average Bonchev–Trinajstić information content (AvgIpc) is 2.72. The lowest BCUT2D eigenvalue weighted by Crippen LogP contribution is -2.28. The lowest BCUT2D eigenvalue weighted by atomic mass is 10.4. The van der Waals surface area contributed by atoms with E-state index in [-0.39, 0.29) is 10.4 Å². The molecule has 2 aromatic heterocycles. The molecule has 20 heavy (non-hydrogen) atoms. The molecule has 5 nitrogen and oxygen atoms in total. The first-order valence-electron chi connectivity index (χ1n) is 5.18. The molecule has 0 saturated carbocycles. The molecule has 10 heteroatoms. The third-order valence-corrected chi connectivity index (χ3v) is 4.56. The zero-order valence-electron chi connectivity index (χ0n) is 10.3. The second-order valence-corrected chi connectivity index (χ2v) is 6.55. The van der Waals surface area contributed by atoms with E-state index < -0.39 is 15.6 Å². The van der Waals surface area contributed by atoms with Gasteiger partial charge in [-0.05, 0) is 6.07 Å². The Morgan fingerprint density at radius 2 is 2.00 bits per heavy atom. The quantitative estimate of drug-likeness (QED) is 0.641. The zero-order valence-corrected chi connectivity index (χ0v) is 11.9. The van der Waals surface area contributed by atoms with Crippen LogP contribution in [0.2, 0.25) is 0 Å². The van der Waals surface area contributed by atoms with Gasteiger partial charge in [-0.25, -0.2) is 0 Å². The molecule has 0 aromatic carbocycles. The van der Waals surface area contributed by atoms with Crippen LogP contribution in [0.25, 0.3) is 10.2 Å². The number of nitrogens with zero attached hydrogens (tertiary/aromatic N) is 2. The Kier molecular flexibility index (Phi) is 3.54. The molecule has 0 atom stereocenters. The summed E-state index contributed by atoms with van der Waals surface area (Å²) in [6.45, 7) is 0. The molecule has 0 saturated heterocycles. The maximum atomic E-state index is 12.3. The van der Waals surface area contributed by atoms with Crippen LogP contribution >= 0.6 is 11.3 Å². The number of alkyl halides is 3. The smallest absolute Gasteiger partial charge is 0.374 e. The van der Waals surface area contributed by atoms with Crippen LogP contribution in [-0.4, -0.2) is 33.0 Å². The van der Waals surface area contributed by atoms with Crippen molar-refractivity contribution in [3.05, 3.63) is 18.3 Å². The van der Waals surface area contributed by atoms with E-state index >= 15 is 0 Å². The molecule has 0 N–H and O–H groups in total. The first-order valence-corrected chi connectivity index (χ1v) is 7.41. The lowest BCUT2D eigenvalue weighted by molar-refractivity contribution is -0.0499. The summed E-state index contributed by atoms with van der Waals surface area (Å²) >= 11 is 1.09. The summed E-state index contributed by atoms with van der Waals surface area (Å²) in [5.41, 5.74) is -5.10. The number of fused-ring (bicyclic) bond motifs is 1. The highest BCUT2D eigenvalue weighted by molar-refractivity contribution is 7.88. The van der Waals surface area contributed by atoms with Crippen LogP contribution in [0, 0.1) is 0 Å². The van der Waals surface area contributed by atoms with Crippen LogP contribution in [0.4, 0.5) is 18.2 Å². The van der Waals surface area contributed by atoms with Gasteiger partial charge >= 0.3 is 15.6 Å². The van der Waals surface area contributed by atoms with Gasteiger partial charge in [-0.3, -0.25) is 4.98 Å². The van der Waals surface area contributed by atoms with Crippen molar-refractivity contribution in [2.45, 2.75) is 5.51 Å². The fourth-order valence-corrected chi connectivity index (χ4v) is 2.86. The number of rotatable bonds is 3. The second-order valence-electron chi connectivity index (χ2n) is 3.99. The summed E-state index contributed by atoms with van der Waals surface area (Å²) in [5, 5.41) is 0.716. The Bertz CT molecular complexity index is 738. The first kappa shape index (κ1) is 14.9. The van der Waals surface area contributed by atoms with Gasteiger partial charge in [-0.15, -0.1) is 11.3 Å². The van der Waals surface area contributed by atoms with Gasteiger partial charge in [0.15, 0.2) is 5.75 Å². The second kappa shape index (κ2) is 4.77. The van der Waals surface area contributed by atoms with Crippen LogP contribution in [0.1, 0.15) is 0 Å². The molecule has 0 aliphatic rings. The molecule has 0 spiro atoms. The van der Waals surface area contributed by atoms with E-state index in [1.54, 1.807) is 25.1 Å². The Morgan fingerprint density at radius 1 is 1.35 bits per heavy atom. The first-order chi connectivity index (χ1) is 9.12. The number of hydrogen-bond donors (Lipinski definition) is 0. The molecule has 0 aliphatic carbocycles. The van der Waals surface area contributed by atoms with Crippen molar-refractivity contribution in [2.75, 3.05) is 19.0 Å². The molecule has 0 radical (unpaired) electrons. The predicted molar refractivity (Wildman–Crippen MR) is 69.5 cm³/mol. The monoisotopic (exact) mass is 326 g/mol. The number of pyridine rings is 1. The van der Waals surface area contributed by atoms with Gasteiger partial charge in [0.1, 0.15) is 0 Å². The topological polar surface area (TPSA) is 59.5 Å². The summed E-state index contributed by atoms with van der Waals surface area (Å²) in [6, 6.07) is 2.72. The van der Waals surface area contributed by atoms with Crippen molar-refractivity contribution in [1.29, 1.82) is 0 Å². The maximum Gasteiger partial charge on any atom is 0.534 e. The summed E-state index contributed by atoms with van der Waals surface area (Å²) < 4.78 is 63.4. The molecule has 0 amide bonds. The highest BCUT2D eigenvalue weighted by Crippen LogP contribution is 2.38. The summed E-state index contributed by atoms with van der Waals surface area (Å²) in [4.78, 5) is 5.70. The third kappa shape index (κ3) is 2.66. The van der Waals surface area contributed by atoms with Crippen LogP contribution in [0.5, 0.6) is 5.75 Å². The van der Waals surface area contributed by atoms with Crippen LogP contribution in [-0.2, 0) is 10.1 Å². The van der Waals surface area contributed by atoms with Crippen LogP contribution in [0.15, 0.2) is 18.3 Å². The van der Waals surface area contributed by atoms with Gasteiger partial charge < -0.3 is 9.08 Å². The van der Waals surface area contributed by atoms with E-state index in [4.69, 9.17) is 0 Å². The maximum absolute atomic E-state index is 12.3. The molecule has 0 aliphatic heterocycles. The van der Waals surface area contributed by atoms with Crippen molar-refractivity contribution in [3.8, 4) is 5.75 Å². The molecular formula is C10H9F3N2O3S2. The van der Waals surface area contributed by atoms with E-state index in [1.807, 2.05) is 0 Å². The van der Waals surface area contributed by atoms with E-state index in [0.717, 1.165) is 17.4 Å². The lowest BCUT2D eigenvalue weighted by Gasteiger charge is -2.09. The van der Waals surface area contributed by atoms with E-state index in [0.29, 0.717) is 10.5 Å². The van der Waals surface area contributed by atoms with Crippen molar-refractivity contribution >= 4 is 36.7 Å². The molecule has 2 rings (SSSR count). The molecule has 2 aromatic rings. The van der Waals surface area contributed by atoms with Crippen molar-refractivity contribution < 1.29 is 25.8 Å². The van der Waals surface area contributed by atoms with E-state index in [9.17, 15) is 21.6 Å². The Balaban J connectivity index is 2.51. The largest absolute Gasteiger partial charge is 0.534 e. The standard InChI is InChI=1S/C10H9F3N2O3S2/c1-15(2)8-5-6-9(19-8)7(3-4-14-6)18-20(16,17)10(11,12)13/h3-5H,1-2H3. The minimum Gasteiger partial charge on any atom is -0.374 e. The SMILES string of the molecule is CN(C)c1cc2nccc(OS(=O)(=O)C(F)(F)F)c2s1. The van der Waals surface area contributed by atoms with E-state index in [1.165, 1.54) is 6.20 Å². The fraction of sp³-hybridized carbons (Fsp3) is 0.300. The van der Waals surface area contributed by atoms with Crippen molar-refractivity contribution in [3.63, 3.8) is 0 Å². The molecule has 2 heterocycles. The summed E-state index contributed by atoms with van der Waals surface area (Å²) in [5.74, 6) is -0.384. The van der Waals surface area contributed by atoms with Gasteiger partial charge in [0.2, 0.25) is 0 Å². The van der Waals surface area contributed by atoms with Gasteiger partial charge in [-0.2, -0.15) is 21.6 Å². The highest BCUT2D eigenvalue weighted by atomic mass is 32.2. The van der Waals surface area contributed by atoms with Crippen molar-refractivity contribution in [2.24, 2.45) is 0 Å². The highest BCUT2D eigenvalue weighted by Gasteiger charge is 2.48. The van der Waals surface area contributed by atoms with Crippen molar-refractivity contribution in [1.82, 2.24) is 4.98 Å². The normalized spacial score (nSPS) is 12.7. The fourth-order valence-electron chi connectivity index (χ4n) is 1.35. The minimum absolute atomic E-state index is 0.240. The minimum atomic E-state index is -5.69. The Hall–Kier alpha value is -1.55. The van der Waals surface area contributed by atoms with Gasteiger partial charge in [-0.1, -0.05) is 0 Å². The van der Waals surface area contributed by atoms with E-state index in [2.05, 4.69) is 9.17 Å². The Morgan fingerprint density at radius 3 is 2.55 bits per heavy atom. The number of hydrogen-bond acceptors (Lipinski definition) is 6. The summed E-state index contributed by atoms with van der Waals surface area (Å²) in [7, 11) is -2.19. The third-order valence-electron chi connectivity index (χ3n) is 2.29. The number of aromatic nitrogens is 1. The number of thiophene rings is 1.